The van der Waals surface area contributed by atoms with Crippen LogP contribution in [-0.2, 0) is 65.4 Å². The van der Waals surface area contributed by atoms with Gasteiger partial charge in [-0.05, 0) is 49.4 Å². The SMILES string of the molecule is CCC(C)CCCCCCCCCCCCC(=O)OC[C@H](COP(=O)(O)OCC(O)COP(=O)(O)OC[C@@H](COC(=O)CCCCCCCCCCC(C)C)OC(=O)CCCCCCCCCCC(C)C)OC(=O)CCCCCCCCCCCCCCC(C)C. The molecule has 0 amide bonds. The third kappa shape index (κ3) is 65.1. The molecule has 0 bridgehead atoms. The number of hydrogen-bond acceptors (Lipinski definition) is 15. The molecular formula is C72H140O17P2. The summed E-state index contributed by atoms with van der Waals surface area (Å²) >= 11 is 0. The van der Waals surface area contributed by atoms with E-state index in [0.717, 1.165) is 114 Å². The number of phosphoric ester groups is 2. The third-order valence-electron chi connectivity index (χ3n) is 16.9. The molecule has 91 heavy (non-hydrogen) atoms. The molecule has 4 unspecified atom stereocenters. The predicted octanol–water partition coefficient (Wildman–Crippen LogP) is 20.5. The van der Waals surface area contributed by atoms with Crippen LogP contribution in [0.2, 0.25) is 0 Å². The Bertz CT molecular complexity index is 1800. The van der Waals surface area contributed by atoms with Gasteiger partial charge in [-0.15, -0.1) is 0 Å². The van der Waals surface area contributed by atoms with E-state index < -0.39 is 97.5 Å². The highest BCUT2D eigenvalue weighted by Gasteiger charge is 2.30. The molecule has 0 aromatic heterocycles. The van der Waals surface area contributed by atoms with Crippen LogP contribution in [0.5, 0.6) is 0 Å². The minimum Gasteiger partial charge on any atom is -0.462 e. The number of aliphatic hydroxyl groups excluding tert-OH is 1. The summed E-state index contributed by atoms with van der Waals surface area (Å²) in [4.78, 5) is 72.6. The molecule has 19 heteroatoms. The molecule has 3 N–H and O–H groups in total. The van der Waals surface area contributed by atoms with Gasteiger partial charge in [0.2, 0.25) is 0 Å². The van der Waals surface area contributed by atoms with Gasteiger partial charge in [0.1, 0.15) is 19.3 Å². The van der Waals surface area contributed by atoms with E-state index in [2.05, 4.69) is 55.4 Å². The second-order valence-corrected chi connectivity index (χ2v) is 30.6. The molecule has 0 spiro atoms. The summed E-state index contributed by atoms with van der Waals surface area (Å²) in [5.41, 5.74) is 0. The second-order valence-electron chi connectivity index (χ2n) is 27.6. The van der Waals surface area contributed by atoms with Crippen LogP contribution >= 0.6 is 15.6 Å². The number of carbonyl (C=O) groups excluding carboxylic acids is 4. The maximum atomic E-state index is 13.0. The summed E-state index contributed by atoms with van der Waals surface area (Å²) in [6.45, 7) is 14.1. The fraction of sp³-hybridized carbons (Fsp3) is 0.944. The number of carbonyl (C=O) groups is 4. The van der Waals surface area contributed by atoms with Gasteiger partial charge in [-0.25, -0.2) is 9.13 Å². The molecule has 0 saturated heterocycles. The van der Waals surface area contributed by atoms with Gasteiger partial charge in [0.05, 0.1) is 26.4 Å². The van der Waals surface area contributed by atoms with Gasteiger partial charge >= 0.3 is 39.5 Å². The molecule has 6 atom stereocenters. The van der Waals surface area contributed by atoms with E-state index in [0.29, 0.717) is 25.7 Å². The van der Waals surface area contributed by atoms with Crippen molar-refractivity contribution in [3.8, 4) is 0 Å². The van der Waals surface area contributed by atoms with Crippen LogP contribution in [0.3, 0.4) is 0 Å². The first-order valence-corrected chi connectivity index (χ1v) is 40.2. The average molecular weight is 1340 g/mol. The lowest BCUT2D eigenvalue weighted by atomic mass is 9.99. The first-order valence-electron chi connectivity index (χ1n) is 37.2. The van der Waals surface area contributed by atoms with E-state index >= 15 is 0 Å². The summed E-state index contributed by atoms with van der Waals surface area (Å²) in [5, 5.41) is 10.6. The van der Waals surface area contributed by atoms with E-state index in [1.807, 2.05) is 0 Å². The number of aliphatic hydroxyl groups is 1. The summed E-state index contributed by atoms with van der Waals surface area (Å²) in [6, 6.07) is 0. The van der Waals surface area contributed by atoms with Crippen LogP contribution in [0.15, 0.2) is 0 Å². The molecule has 0 aliphatic heterocycles. The molecular weight excluding hydrogens is 1200 g/mol. The highest BCUT2D eigenvalue weighted by molar-refractivity contribution is 7.47. The van der Waals surface area contributed by atoms with Gasteiger partial charge < -0.3 is 33.8 Å². The van der Waals surface area contributed by atoms with Crippen molar-refractivity contribution in [3.05, 3.63) is 0 Å². The lowest BCUT2D eigenvalue weighted by Gasteiger charge is -2.21. The number of phosphoric acid groups is 2. The maximum absolute atomic E-state index is 13.0. The Hall–Kier alpha value is -1.94. The minimum atomic E-state index is -4.95. The van der Waals surface area contributed by atoms with E-state index in [1.54, 1.807) is 0 Å². The van der Waals surface area contributed by atoms with Crippen LogP contribution in [0.25, 0.3) is 0 Å². The van der Waals surface area contributed by atoms with E-state index in [4.69, 9.17) is 37.0 Å². The summed E-state index contributed by atoms with van der Waals surface area (Å²) < 4.78 is 68.4. The molecule has 0 heterocycles. The van der Waals surface area contributed by atoms with E-state index in [1.165, 1.54) is 161 Å². The monoisotopic (exact) mass is 1340 g/mol. The normalized spacial score (nSPS) is 14.5. The van der Waals surface area contributed by atoms with Gasteiger partial charge in [0, 0.05) is 25.7 Å². The fourth-order valence-electron chi connectivity index (χ4n) is 10.8. The van der Waals surface area contributed by atoms with Crippen molar-refractivity contribution in [1.29, 1.82) is 0 Å². The number of unbranched alkanes of at least 4 members (excludes halogenated alkanes) is 34. The van der Waals surface area contributed by atoms with Crippen molar-refractivity contribution < 1.29 is 80.2 Å². The standard InChI is InChI=1S/C72H140O17P2/c1-9-65(8)51-43-35-27-17-14-15-18-28-36-44-52-69(74)82-58-67(88-71(76)54-46-38-30-19-13-11-10-12-16-24-32-40-48-62(2)3)60-86-90(78,79)84-56-66(73)57-85-91(80,81)87-61-68(89-72(77)55-47-39-31-23-21-26-34-42-50-64(6)7)59-83-70(75)53-45-37-29-22-20-25-33-41-49-63(4)5/h62-68,73H,9-61H2,1-8H3,(H,78,79)(H,80,81)/t65?,66?,67-,68-/m1/s1. The van der Waals surface area contributed by atoms with Gasteiger partial charge in [0.25, 0.3) is 0 Å². The molecule has 0 fully saturated rings. The van der Waals surface area contributed by atoms with Crippen molar-refractivity contribution in [3.63, 3.8) is 0 Å². The van der Waals surface area contributed by atoms with Crippen molar-refractivity contribution in [2.75, 3.05) is 39.6 Å². The fourth-order valence-corrected chi connectivity index (χ4v) is 12.4. The van der Waals surface area contributed by atoms with Crippen molar-refractivity contribution in [1.82, 2.24) is 0 Å². The Morgan fingerprint density at radius 1 is 0.308 bits per heavy atom. The second kappa shape index (κ2) is 61.6. The van der Waals surface area contributed by atoms with Crippen LogP contribution in [0.4, 0.5) is 0 Å². The highest BCUT2D eigenvalue weighted by Crippen LogP contribution is 2.45. The largest absolute Gasteiger partial charge is 0.472 e. The molecule has 0 aromatic rings. The molecule has 0 radical (unpaired) electrons. The summed E-state index contributed by atoms with van der Waals surface area (Å²) in [7, 11) is -9.91. The first kappa shape index (κ1) is 89.1. The zero-order chi connectivity index (χ0) is 67.5. The Morgan fingerprint density at radius 2 is 0.527 bits per heavy atom. The summed E-state index contributed by atoms with van der Waals surface area (Å²) in [6.07, 6.45) is 44.4. The summed E-state index contributed by atoms with van der Waals surface area (Å²) in [5.74, 6) is 0.903. The molecule has 0 rings (SSSR count). The van der Waals surface area contributed by atoms with Gasteiger partial charge in [-0.2, -0.15) is 0 Å². The number of hydrogen-bond donors (Lipinski definition) is 3. The topological polar surface area (TPSA) is 237 Å². The Kier molecular flexibility index (Phi) is 60.3. The quantitative estimate of drug-likeness (QED) is 0.0222. The lowest BCUT2D eigenvalue weighted by molar-refractivity contribution is -0.161. The molecule has 0 aromatic carbocycles. The smallest absolute Gasteiger partial charge is 0.462 e. The zero-order valence-electron chi connectivity index (χ0n) is 59.5. The molecule has 0 aliphatic carbocycles. The maximum Gasteiger partial charge on any atom is 0.472 e. The molecule has 540 valence electrons. The van der Waals surface area contributed by atoms with Crippen LogP contribution < -0.4 is 0 Å². The predicted molar refractivity (Wildman–Crippen MR) is 367 cm³/mol. The van der Waals surface area contributed by atoms with Crippen molar-refractivity contribution >= 4 is 39.5 Å². The van der Waals surface area contributed by atoms with Gasteiger partial charge in [-0.3, -0.25) is 37.3 Å². The Morgan fingerprint density at radius 3 is 0.780 bits per heavy atom. The Labute approximate surface area is 556 Å². The van der Waals surface area contributed by atoms with Gasteiger partial charge in [-0.1, -0.05) is 306 Å². The van der Waals surface area contributed by atoms with Crippen LogP contribution in [-0.4, -0.2) is 96.7 Å². The molecule has 0 saturated carbocycles. The number of esters is 4. The first-order chi connectivity index (χ1) is 43.6. The highest BCUT2D eigenvalue weighted by atomic mass is 31.2. The minimum absolute atomic E-state index is 0.103. The number of ether oxygens (including phenoxy) is 4. The Balaban J connectivity index is 5.27. The average Bonchev–Trinajstić information content (AvgIpc) is 3.24. The lowest BCUT2D eigenvalue weighted by Crippen LogP contribution is -2.30. The zero-order valence-corrected chi connectivity index (χ0v) is 61.3. The van der Waals surface area contributed by atoms with Gasteiger partial charge in [0.15, 0.2) is 12.2 Å². The molecule has 0 aliphatic rings. The van der Waals surface area contributed by atoms with Crippen molar-refractivity contribution in [2.45, 2.75) is 375 Å². The van der Waals surface area contributed by atoms with Crippen LogP contribution in [0, 0.1) is 23.7 Å². The number of rotatable bonds is 69. The van der Waals surface area contributed by atoms with Crippen LogP contribution in [0.1, 0.15) is 357 Å². The van der Waals surface area contributed by atoms with E-state index in [9.17, 15) is 43.2 Å². The van der Waals surface area contributed by atoms with Crippen molar-refractivity contribution in [2.24, 2.45) is 23.7 Å². The third-order valence-corrected chi connectivity index (χ3v) is 18.8. The molecule has 17 nitrogen and oxygen atoms in total. The van der Waals surface area contributed by atoms with E-state index in [-0.39, 0.29) is 25.7 Å².